The van der Waals surface area contributed by atoms with Crippen LogP contribution in [0.2, 0.25) is 0 Å². The molecule has 3 N–H and O–H groups in total. The molecule has 1 aromatic carbocycles. The summed E-state index contributed by atoms with van der Waals surface area (Å²) >= 11 is 0. The molecule has 2 aromatic rings. The van der Waals surface area contributed by atoms with Crippen LogP contribution in [0.3, 0.4) is 0 Å². The van der Waals surface area contributed by atoms with Crippen molar-refractivity contribution in [2.24, 2.45) is 11.8 Å². The molecule has 2 atom stereocenters. The average molecular weight is 381 g/mol. The highest BCUT2D eigenvalue weighted by molar-refractivity contribution is 5.94. The Labute approximate surface area is 165 Å². The van der Waals surface area contributed by atoms with Gasteiger partial charge in [-0.1, -0.05) is 19.1 Å². The van der Waals surface area contributed by atoms with Gasteiger partial charge in [0.15, 0.2) is 0 Å². The van der Waals surface area contributed by atoms with E-state index < -0.39 is 5.97 Å². The number of carboxylic acid groups (broad SMARTS) is 1. The van der Waals surface area contributed by atoms with Crippen LogP contribution in [0.5, 0.6) is 0 Å². The number of carbonyl (C=O) groups is 2. The van der Waals surface area contributed by atoms with Crippen LogP contribution in [0.15, 0.2) is 42.6 Å². The maximum absolute atomic E-state index is 12.4. The van der Waals surface area contributed by atoms with E-state index in [2.05, 4.69) is 15.6 Å². The number of fused-ring (bicyclic) bond motifs is 1. The van der Waals surface area contributed by atoms with Gasteiger partial charge >= 0.3 is 5.97 Å². The number of pyridine rings is 1. The molecule has 3 rings (SSSR count). The van der Waals surface area contributed by atoms with Gasteiger partial charge < -0.3 is 15.7 Å². The van der Waals surface area contributed by atoms with Crippen LogP contribution in [0, 0.1) is 11.8 Å². The van der Waals surface area contributed by atoms with Crippen molar-refractivity contribution in [3.8, 4) is 0 Å². The van der Waals surface area contributed by atoms with Crippen LogP contribution in [0.1, 0.15) is 41.3 Å². The van der Waals surface area contributed by atoms with Crippen molar-refractivity contribution in [2.75, 3.05) is 18.4 Å². The number of hydrogen-bond donors (Lipinski definition) is 3. The normalized spacial score (nSPS) is 16.7. The van der Waals surface area contributed by atoms with Crippen LogP contribution >= 0.6 is 0 Å². The Bertz CT molecular complexity index is 823. The molecule has 0 aliphatic heterocycles. The highest BCUT2D eigenvalue weighted by Gasteiger charge is 2.30. The summed E-state index contributed by atoms with van der Waals surface area (Å²) < 4.78 is 0. The topological polar surface area (TPSA) is 91.3 Å². The number of carbonyl (C=O) groups excluding carboxylic acids is 1. The minimum atomic E-state index is -0.703. The third-order valence-electron chi connectivity index (χ3n) is 5.44. The molecule has 6 nitrogen and oxygen atoms in total. The minimum absolute atomic E-state index is 0.0929. The Morgan fingerprint density at radius 2 is 2.07 bits per heavy atom. The molecule has 1 aromatic heterocycles. The molecule has 0 saturated carbocycles. The average Bonchev–Trinajstić information content (AvgIpc) is 2.71. The Hall–Kier alpha value is -2.89. The molecule has 148 valence electrons. The third-order valence-corrected chi connectivity index (χ3v) is 5.44. The second-order valence-electron chi connectivity index (χ2n) is 7.24. The lowest BCUT2D eigenvalue weighted by Gasteiger charge is -2.29. The molecule has 1 aliphatic carbocycles. The van der Waals surface area contributed by atoms with E-state index in [4.69, 9.17) is 0 Å². The van der Waals surface area contributed by atoms with Crippen LogP contribution < -0.4 is 10.6 Å². The lowest BCUT2D eigenvalue weighted by molar-refractivity contribution is -0.144. The van der Waals surface area contributed by atoms with Crippen molar-refractivity contribution in [2.45, 2.75) is 32.6 Å². The predicted octanol–water partition coefficient (Wildman–Crippen LogP) is 3.14. The van der Waals surface area contributed by atoms with Crippen molar-refractivity contribution >= 4 is 17.7 Å². The molecule has 0 fully saturated rings. The van der Waals surface area contributed by atoms with E-state index in [1.165, 1.54) is 5.56 Å². The van der Waals surface area contributed by atoms with Gasteiger partial charge in [-0.15, -0.1) is 0 Å². The Kier molecular flexibility index (Phi) is 6.63. The Morgan fingerprint density at radius 3 is 2.79 bits per heavy atom. The number of benzene rings is 1. The van der Waals surface area contributed by atoms with E-state index in [0.29, 0.717) is 25.1 Å². The van der Waals surface area contributed by atoms with Crippen molar-refractivity contribution in [1.29, 1.82) is 0 Å². The first-order chi connectivity index (χ1) is 13.6. The maximum atomic E-state index is 12.4. The van der Waals surface area contributed by atoms with E-state index in [1.807, 2.05) is 43.3 Å². The van der Waals surface area contributed by atoms with Crippen LogP contribution in [0.4, 0.5) is 5.82 Å². The fourth-order valence-electron chi connectivity index (χ4n) is 3.91. The molecule has 0 saturated heterocycles. The summed E-state index contributed by atoms with van der Waals surface area (Å²) in [6.45, 7) is 3.04. The monoisotopic (exact) mass is 381 g/mol. The third kappa shape index (κ3) is 4.88. The predicted molar refractivity (Wildman–Crippen MR) is 108 cm³/mol. The number of amides is 1. The Morgan fingerprint density at radius 1 is 1.21 bits per heavy atom. The van der Waals surface area contributed by atoms with Crippen LogP contribution in [-0.4, -0.2) is 35.1 Å². The number of aryl methyl sites for hydroxylation is 1. The zero-order valence-electron chi connectivity index (χ0n) is 16.1. The lowest BCUT2D eigenvalue weighted by atomic mass is 9.76. The van der Waals surface area contributed by atoms with Crippen molar-refractivity contribution < 1.29 is 14.7 Å². The molecule has 0 spiro atoms. The summed E-state index contributed by atoms with van der Waals surface area (Å²) in [6, 6.07) is 11.4. The fraction of sp³-hybridized carbons (Fsp3) is 0.409. The van der Waals surface area contributed by atoms with Crippen molar-refractivity contribution in [3.05, 3.63) is 59.3 Å². The summed E-state index contributed by atoms with van der Waals surface area (Å²) in [4.78, 5) is 28.0. The molecule has 1 heterocycles. The SMILES string of the molecule is CCC(C(=O)O)C1CCc2cc(C(=O)NCCNc3ccccn3)ccc2C1. The number of nitrogens with one attached hydrogen (secondary N) is 2. The summed E-state index contributed by atoms with van der Waals surface area (Å²) in [6.07, 6.45) is 4.83. The van der Waals surface area contributed by atoms with E-state index in [-0.39, 0.29) is 17.7 Å². The van der Waals surface area contributed by atoms with E-state index in [0.717, 1.165) is 30.6 Å². The first-order valence-electron chi connectivity index (χ1n) is 9.86. The van der Waals surface area contributed by atoms with Gasteiger partial charge in [-0.2, -0.15) is 0 Å². The molecular formula is C22H27N3O3. The molecule has 1 aliphatic rings. The summed E-state index contributed by atoms with van der Waals surface area (Å²) in [5.74, 6) is -0.127. The number of rotatable bonds is 8. The summed E-state index contributed by atoms with van der Waals surface area (Å²) in [5.41, 5.74) is 2.99. The molecule has 1 amide bonds. The zero-order chi connectivity index (χ0) is 19.9. The maximum Gasteiger partial charge on any atom is 0.306 e. The second-order valence-corrected chi connectivity index (χ2v) is 7.24. The van der Waals surface area contributed by atoms with Gasteiger partial charge in [0.05, 0.1) is 5.92 Å². The minimum Gasteiger partial charge on any atom is -0.481 e. The van der Waals surface area contributed by atoms with Gasteiger partial charge in [0.25, 0.3) is 5.91 Å². The van der Waals surface area contributed by atoms with E-state index in [9.17, 15) is 14.7 Å². The largest absolute Gasteiger partial charge is 0.481 e. The molecule has 0 bridgehead atoms. The number of nitrogens with zero attached hydrogens (tertiary/aromatic N) is 1. The standard InChI is InChI=1S/C22H27N3O3/c1-2-19(22(27)28)17-8-6-16-14-18(9-7-15(16)13-17)21(26)25-12-11-24-20-5-3-4-10-23-20/h3-5,7,9-10,14,17,19H,2,6,8,11-13H2,1H3,(H,23,24)(H,25,26)(H,27,28). The molecule has 0 radical (unpaired) electrons. The smallest absolute Gasteiger partial charge is 0.306 e. The number of carboxylic acids is 1. The van der Waals surface area contributed by atoms with Gasteiger partial charge in [0.2, 0.25) is 0 Å². The van der Waals surface area contributed by atoms with E-state index in [1.54, 1.807) is 6.20 Å². The second kappa shape index (κ2) is 9.35. The quantitative estimate of drug-likeness (QED) is 0.611. The Balaban J connectivity index is 1.53. The molecule has 2 unspecified atom stereocenters. The van der Waals surface area contributed by atoms with Gasteiger partial charge in [-0.3, -0.25) is 9.59 Å². The summed E-state index contributed by atoms with van der Waals surface area (Å²) in [5, 5.41) is 15.5. The summed E-state index contributed by atoms with van der Waals surface area (Å²) in [7, 11) is 0. The van der Waals surface area contributed by atoms with Gasteiger partial charge in [0, 0.05) is 24.8 Å². The van der Waals surface area contributed by atoms with Crippen molar-refractivity contribution in [1.82, 2.24) is 10.3 Å². The number of hydrogen-bond acceptors (Lipinski definition) is 4. The first kappa shape index (κ1) is 19.9. The molecular weight excluding hydrogens is 354 g/mol. The van der Waals surface area contributed by atoms with Crippen LogP contribution in [0.25, 0.3) is 0 Å². The number of anilines is 1. The lowest BCUT2D eigenvalue weighted by Crippen LogP contribution is -2.30. The number of aromatic nitrogens is 1. The fourth-order valence-corrected chi connectivity index (χ4v) is 3.91. The van der Waals surface area contributed by atoms with Crippen LogP contribution in [-0.2, 0) is 17.6 Å². The highest BCUT2D eigenvalue weighted by atomic mass is 16.4. The first-order valence-corrected chi connectivity index (χ1v) is 9.86. The van der Waals surface area contributed by atoms with Gasteiger partial charge in [0.1, 0.15) is 5.82 Å². The number of aliphatic carboxylic acids is 1. The van der Waals surface area contributed by atoms with Crippen molar-refractivity contribution in [3.63, 3.8) is 0 Å². The molecule has 28 heavy (non-hydrogen) atoms. The highest BCUT2D eigenvalue weighted by Crippen LogP contribution is 2.32. The zero-order valence-corrected chi connectivity index (χ0v) is 16.1. The van der Waals surface area contributed by atoms with E-state index >= 15 is 0 Å². The molecule has 6 heteroatoms. The van der Waals surface area contributed by atoms with Gasteiger partial charge in [-0.25, -0.2) is 4.98 Å². The van der Waals surface area contributed by atoms with Gasteiger partial charge in [-0.05, 0) is 67.0 Å².